The van der Waals surface area contributed by atoms with E-state index in [2.05, 4.69) is 15.6 Å². The minimum Gasteiger partial charge on any atom is -0.377 e. The largest absolute Gasteiger partial charge is 0.377 e. The van der Waals surface area contributed by atoms with E-state index in [1.807, 2.05) is 0 Å². The summed E-state index contributed by atoms with van der Waals surface area (Å²) in [5, 5.41) is 7.89. The molecule has 2 fully saturated rings. The molecule has 0 bridgehead atoms. The highest BCUT2D eigenvalue weighted by molar-refractivity contribution is 8.17. The summed E-state index contributed by atoms with van der Waals surface area (Å²) in [6, 6.07) is 1.44. The number of rotatable bonds is 2. The molecule has 0 saturated carbocycles. The average molecular weight is 324 g/mol. The Morgan fingerprint density at radius 3 is 3.10 bits per heavy atom. The van der Waals surface area contributed by atoms with Crippen LogP contribution in [0.1, 0.15) is 0 Å². The van der Waals surface area contributed by atoms with Crippen molar-refractivity contribution in [2.75, 3.05) is 32.2 Å². The van der Waals surface area contributed by atoms with Crippen molar-refractivity contribution in [3.8, 4) is 0 Å². The summed E-state index contributed by atoms with van der Waals surface area (Å²) in [5.41, 5.74) is 1.33. The monoisotopic (exact) mass is 324 g/mol. The third kappa shape index (κ3) is 2.03. The maximum Gasteiger partial charge on any atom is 0.168 e. The Labute approximate surface area is 131 Å². The van der Waals surface area contributed by atoms with Crippen LogP contribution >= 0.6 is 23.5 Å². The van der Waals surface area contributed by atoms with Gasteiger partial charge in [0.15, 0.2) is 10.3 Å². The quantitative estimate of drug-likeness (QED) is 0.797. The minimum absolute atomic E-state index is 0.316. The van der Waals surface area contributed by atoms with Gasteiger partial charge < -0.3 is 19.7 Å². The fourth-order valence-corrected chi connectivity index (χ4v) is 5.39. The van der Waals surface area contributed by atoms with Gasteiger partial charge in [-0.05, 0) is 5.41 Å². The summed E-state index contributed by atoms with van der Waals surface area (Å²) >= 11 is 3.53. The third-order valence-electron chi connectivity index (χ3n) is 4.44. The van der Waals surface area contributed by atoms with Crippen molar-refractivity contribution >= 4 is 33.9 Å². The van der Waals surface area contributed by atoms with E-state index in [0.29, 0.717) is 24.2 Å². The van der Waals surface area contributed by atoms with Crippen molar-refractivity contribution in [2.45, 2.75) is 24.2 Å². The summed E-state index contributed by atoms with van der Waals surface area (Å²) in [4.78, 5) is 11.8. The molecule has 8 heteroatoms. The molecule has 6 nitrogen and oxygen atoms in total. The lowest BCUT2D eigenvalue weighted by molar-refractivity contribution is 0.178. The lowest BCUT2D eigenvalue weighted by atomic mass is 10.2. The number of hydrogen-bond acceptors (Lipinski definition) is 8. The first-order valence-electron chi connectivity index (χ1n) is 7.24. The molecule has 0 aliphatic carbocycles. The number of fused-ring (bicyclic) bond motifs is 4. The summed E-state index contributed by atoms with van der Waals surface area (Å²) in [6.07, 6.45) is 0. The molecule has 0 aromatic carbocycles. The molecule has 5 aliphatic heterocycles. The van der Waals surface area contributed by atoms with Gasteiger partial charge in [0, 0.05) is 11.4 Å². The maximum absolute atomic E-state index is 5.55. The highest BCUT2D eigenvalue weighted by atomic mass is 32.2. The van der Waals surface area contributed by atoms with Crippen LogP contribution < -0.4 is 5.32 Å². The Morgan fingerprint density at radius 2 is 2.14 bits per heavy atom. The first-order valence-corrected chi connectivity index (χ1v) is 9.10. The van der Waals surface area contributed by atoms with E-state index in [1.165, 1.54) is 5.70 Å². The van der Waals surface area contributed by atoms with Crippen LogP contribution in [0.2, 0.25) is 0 Å². The van der Waals surface area contributed by atoms with E-state index in [9.17, 15) is 0 Å². The zero-order chi connectivity index (χ0) is 13.8. The molecule has 0 amide bonds. The van der Waals surface area contributed by atoms with Crippen molar-refractivity contribution < 1.29 is 9.47 Å². The van der Waals surface area contributed by atoms with E-state index in [0.717, 1.165) is 42.5 Å². The van der Waals surface area contributed by atoms with Crippen LogP contribution in [0.3, 0.4) is 0 Å². The number of ether oxygens (including phenoxy) is 2. The fourth-order valence-electron chi connectivity index (χ4n) is 3.33. The number of amidine groups is 2. The van der Waals surface area contributed by atoms with Crippen molar-refractivity contribution in [2.24, 2.45) is 9.98 Å². The Kier molecular flexibility index (Phi) is 2.99. The summed E-state index contributed by atoms with van der Waals surface area (Å²) < 4.78 is 11.0. The molecule has 0 unspecified atom stereocenters. The van der Waals surface area contributed by atoms with Gasteiger partial charge in [0.05, 0.1) is 50.6 Å². The van der Waals surface area contributed by atoms with Crippen LogP contribution in [0.25, 0.3) is 0 Å². The second-order valence-corrected chi connectivity index (χ2v) is 7.56. The molecule has 21 heavy (non-hydrogen) atoms. The first-order chi connectivity index (χ1) is 10.4. The van der Waals surface area contributed by atoms with Crippen LogP contribution in [0, 0.1) is 0 Å². The molecule has 0 aromatic heterocycles. The van der Waals surface area contributed by atoms with Gasteiger partial charge in [-0.1, -0.05) is 23.5 Å². The van der Waals surface area contributed by atoms with Gasteiger partial charge in [-0.15, -0.1) is 0 Å². The highest BCUT2D eigenvalue weighted by Crippen LogP contribution is 2.38. The molecular weight excluding hydrogens is 308 g/mol. The third-order valence-corrected chi connectivity index (χ3v) is 6.28. The molecule has 1 N–H and O–H groups in total. The zero-order valence-corrected chi connectivity index (χ0v) is 13.0. The zero-order valence-electron chi connectivity index (χ0n) is 11.4. The Hall–Kier alpha value is -0.700. The van der Waals surface area contributed by atoms with Crippen molar-refractivity contribution in [3.05, 3.63) is 11.1 Å². The number of hydrogen-bond donors (Lipinski definition) is 1. The first kappa shape index (κ1) is 12.8. The predicted molar refractivity (Wildman–Crippen MR) is 84.8 cm³/mol. The topological polar surface area (TPSA) is 58.5 Å². The van der Waals surface area contributed by atoms with E-state index in [-0.39, 0.29) is 0 Å². The van der Waals surface area contributed by atoms with Crippen molar-refractivity contribution in [1.82, 2.24) is 10.2 Å². The van der Waals surface area contributed by atoms with Gasteiger partial charge in [-0.25, -0.2) is 0 Å². The SMILES string of the molecule is C1=C(CSC2=N[C@@H]3COC[C@H]3N2)N2C(=N[C@H]3COC[C@@H]32)S1. The molecular formula is C13H16N4O2S2. The minimum atomic E-state index is 0.316. The van der Waals surface area contributed by atoms with E-state index >= 15 is 0 Å². The van der Waals surface area contributed by atoms with Crippen LogP contribution in [-0.2, 0) is 9.47 Å². The second-order valence-electron chi connectivity index (χ2n) is 5.76. The smallest absolute Gasteiger partial charge is 0.168 e. The average Bonchev–Trinajstić information content (AvgIpc) is 3.20. The maximum atomic E-state index is 5.55. The molecule has 5 aliphatic rings. The van der Waals surface area contributed by atoms with Gasteiger partial charge in [0.1, 0.15) is 0 Å². The number of nitrogens with one attached hydrogen (secondary N) is 1. The van der Waals surface area contributed by atoms with Gasteiger partial charge in [0.2, 0.25) is 0 Å². The molecule has 112 valence electrons. The number of thioether (sulfide) groups is 2. The molecule has 5 rings (SSSR count). The van der Waals surface area contributed by atoms with Crippen LogP contribution in [0.4, 0.5) is 0 Å². The van der Waals surface area contributed by atoms with Crippen LogP contribution in [-0.4, -0.2) is 71.6 Å². The molecule has 0 aromatic rings. The predicted octanol–water partition coefficient (Wildman–Crippen LogP) is 0.473. The summed E-state index contributed by atoms with van der Waals surface area (Å²) in [6.45, 7) is 3.09. The van der Waals surface area contributed by atoms with Gasteiger partial charge >= 0.3 is 0 Å². The van der Waals surface area contributed by atoms with Gasteiger partial charge in [-0.2, -0.15) is 0 Å². The molecule has 4 atom stereocenters. The summed E-state index contributed by atoms with van der Waals surface area (Å²) in [5.74, 6) is 0.932. The fraction of sp³-hybridized carbons (Fsp3) is 0.692. The molecule has 0 radical (unpaired) electrons. The lowest BCUT2D eigenvalue weighted by Crippen LogP contribution is -2.37. The Morgan fingerprint density at radius 1 is 1.24 bits per heavy atom. The normalized spacial score (nSPS) is 39.6. The Balaban J connectivity index is 1.25. The van der Waals surface area contributed by atoms with Gasteiger partial charge in [-0.3, -0.25) is 9.98 Å². The van der Waals surface area contributed by atoms with Crippen LogP contribution in [0.5, 0.6) is 0 Å². The van der Waals surface area contributed by atoms with Gasteiger partial charge in [0.25, 0.3) is 0 Å². The molecule has 5 heterocycles. The molecule has 0 spiro atoms. The van der Waals surface area contributed by atoms with E-state index in [4.69, 9.17) is 19.5 Å². The number of aliphatic imine (C=N–C) groups is 2. The van der Waals surface area contributed by atoms with E-state index in [1.54, 1.807) is 23.5 Å². The molecule has 2 saturated heterocycles. The van der Waals surface area contributed by atoms with Crippen LogP contribution in [0.15, 0.2) is 21.1 Å². The van der Waals surface area contributed by atoms with E-state index < -0.39 is 0 Å². The Bertz CT molecular complexity index is 564. The second kappa shape index (κ2) is 4.91. The standard InChI is InChI=1S/C13H16N4O2S2/c1-8-9(2-18-1)15-12(14-8)20-5-7-6-21-13-16-10-3-19-4-11(10)17(7)13/h6,8-11H,1-5H2,(H,14,15)/t8-,9-,10+,11+/m1/s1. The highest BCUT2D eigenvalue weighted by Gasteiger charge is 2.44. The summed E-state index contributed by atoms with van der Waals surface area (Å²) in [7, 11) is 0. The lowest BCUT2D eigenvalue weighted by Gasteiger charge is -2.23. The number of nitrogens with zero attached hydrogens (tertiary/aromatic N) is 3. The van der Waals surface area contributed by atoms with Crippen molar-refractivity contribution in [3.63, 3.8) is 0 Å². The van der Waals surface area contributed by atoms with Crippen molar-refractivity contribution in [1.29, 1.82) is 0 Å².